The monoisotopic (exact) mass is 238 g/mol. The molecule has 96 valence electrons. The molecule has 0 aliphatic rings. The summed E-state index contributed by atoms with van der Waals surface area (Å²) in [6, 6.07) is 2.10. The Balaban J connectivity index is 2.75. The Morgan fingerprint density at radius 3 is 2.53 bits per heavy atom. The van der Waals surface area contributed by atoms with E-state index in [1.54, 1.807) is 13.8 Å². The van der Waals surface area contributed by atoms with Gasteiger partial charge in [0.15, 0.2) is 0 Å². The average Bonchev–Trinajstić information content (AvgIpc) is 2.68. The molecule has 1 heterocycles. The van der Waals surface area contributed by atoms with Gasteiger partial charge in [0.1, 0.15) is 0 Å². The molecule has 4 heteroatoms. The number of hydrogen-bond donors (Lipinski definition) is 1. The zero-order valence-corrected chi connectivity index (χ0v) is 11.2. The van der Waals surface area contributed by atoms with E-state index < -0.39 is 11.4 Å². The lowest BCUT2D eigenvalue weighted by molar-refractivity contribution is -0.147. The van der Waals surface area contributed by atoms with Crippen LogP contribution in [-0.4, -0.2) is 20.9 Å². The standard InChI is InChI=1S/C13H22N2O2/c1-5-10-9-11(6-2)15(14-10)8-7-13(3,4)12(16)17/h9H,5-8H2,1-4H3,(H,16,17). The van der Waals surface area contributed by atoms with Crippen LogP contribution in [0.4, 0.5) is 0 Å². The van der Waals surface area contributed by atoms with Gasteiger partial charge < -0.3 is 5.11 Å². The Hall–Kier alpha value is -1.32. The number of aromatic nitrogens is 2. The largest absolute Gasteiger partial charge is 0.481 e. The van der Waals surface area contributed by atoms with Crippen molar-refractivity contribution in [2.75, 3.05) is 0 Å². The number of rotatable bonds is 6. The lowest BCUT2D eigenvalue weighted by Gasteiger charge is -2.19. The minimum absolute atomic E-state index is 0.597. The van der Waals surface area contributed by atoms with Crippen molar-refractivity contribution in [2.24, 2.45) is 5.41 Å². The number of carbonyl (C=O) groups is 1. The molecule has 0 saturated heterocycles. The van der Waals surface area contributed by atoms with Crippen LogP contribution in [0, 0.1) is 5.41 Å². The molecular weight excluding hydrogens is 216 g/mol. The fourth-order valence-electron chi connectivity index (χ4n) is 1.66. The third kappa shape index (κ3) is 3.32. The van der Waals surface area contributed by atoms with E-state index in [0.29, 0.717) is 13.0 Å². The van der Waals surface area contributed by atoms with Crippen LogP contribution in [0.3, 0.4) is 0 Å². The fourth-order valence-corrected chi connectivity index (χ4v) is 1.66. The van der Waals surface area contributed by atoms with Gasteiger partial charge in [-0.05, 0) is 39.2 Å². The molecule has 0 atom stereocenters. The summed E-state index contributed by atoms with van der Waals surface area (Å²) in [5.74, 6) is -0.751. The Morgan fingerprint density at radius 1 is 1.41 bits per heavy atom. The number of hydrogen-bond acceptors (Lipinski definition) is 2. The molecule has 0 spiro atoms. The van der Waals surface area contributed by atoms with Gasteiger partial charge in [0, 0.05) is 12.2 Å². The molecule has 0 aliphatic carbocycles. The number of aliphatic carboxylic acids is 1. The Morgan fingerprint density at radius 2 is 2.06 bits per heavy atom. The van der Waals surface area contributed by atoms with Crippen LogP contribution in [0.25, 0.3) is 0 Å². The maximum Gasteiger partial charge on any atom is 0.309 e. The average molecular weight is 238 g/mol. The summed E-state index contributed by atoms with van der Waals surface area (Å²) in [4.78, 5) is 11.0. The molecule has 17 heavy (non-hydrogen) atoms. The number of aryl methyl sites for hydroxylation is 3. The van der Waals surface area contributed by atoms with E-state index in [1.807, 2.05) is 4.68 Å². The smallest absolute Gasteiger partial charge is 0.309 e. The SMILES string of the molecule is CCc1cc(CC)n(CCC(C)(C)C(=O)O)n1. The molecule has 1 aromatic rings. The third-order valence-corrected chi connectivity index (χ3v) is 3.17. The van der Waals surface area contributed by atoms with E-state index in [2.05, 4.69) is 25.0 Å². The highest BCUT2D eigenvalue weighted by Gasteiger charge is 2.27. The molecule has 0 unspecified atom stereocenters. The zero-order chi connectivity index (χ0) is 13.1. The lowest BCUT2D eigenvalue weighted by Crippen LogP contribution is -2.25. The third-order valence-electron chi connectivity index (χ3n) is 3.17. The van der Waals surface area contributed by atoms with Gasteiger partial charge in [-0.25, -0.2) is 0 Å². The van der Waals surface area contributed by atoms with Crippen molar-refractivity contribution in [3.05, 3.63) is 17.5 Å². The van der Waals surface area contributed by atoms with E-state index in [9.17, 15) is 4.79 Å². The maximum atomic E-state index is 11.0. The second kappa shape index (κ2) is 5.34. The summed E-state index contributed by atoms with van der Waals surface area (Å²) < 4.78 is 1.95. The summed E-state index contributed by atoms with van der Waals surface area (Å²) in [5.41, 5.74) is 1.57. The van der Waals surface area contributed by atoms with Crippen molar-refractivity contribution in [3.8, 4) is 0 Å². The molecule has 4 nitrogen and oxygen atoms in total. The van der Waals surface area contributed by atoms with Gasteiger partial charge >= 0.3 is 5.97 Å². The van der Waals surface area contributed by atoms with E-state index in [-0.39, 0.29) is 0 Å². The first-order valence-corrected chi connectivity index (χ1v) is 6.19. The van der Waals surface area contributed by atoms with Gasteiger partial charge in [-0.2, -0.15) is 5.10 Å². The first-order valence-electron chi connectivity index (χ1n) is 6.19. The summed E-state index contributed by atoms with van der Waals surface area (Å²) in [5, 5.41) is 13.6. The highest BCUT2D eigenvalue weighted by Crippen LogP contribution is 2.22. The Kier molecular flexibility index (Phi) is 4.32. The summed E-state index contributed by atoms with van der Waals surface area (Å²) in [6.07, 6.45) is 2.45. The summed E-state index contributed by atoms with van der Waals surface area (Å²) >= 11 is 0. The molecule has 1 aromatic heterocycles. The van der Waals surface area contributed by atoms with Crippen molar-refractivity contribution in [3.63, 3.8) is 0 Å². The normalized spacial score (nSPS) is 11.8. The van der Waals surface area contributed by atoms with Crippen LogP contribution >= 0.6 is 0 Å². The highest BCUT2D eigenvalue weighted by molar-refractivity contribution is 5.73. The van der Waals surface area contributed by atoms with E-state index in [4.69, 9.17) is 5.11 Å². The summed E-state index contributed by atoms with van der Waals surface area (Å²) in [6.45, 7) is 8.35. The van der Waals surface area contributed by atoms with Gasteiger partial charge in [0.25, 0.3) is 0 Å². The molecule has 0 radical (unpaired) electrons. The van der Waals surface area contributed by atoms with Crippen LogP contribution < -0.4 is 0 Å². The molecule has 0 amide bonds. The number of carboxylic acids is 1. The molecule has 0 fully saturated rings. The van der Waals surface area contributed by atoms with Crippen LogP contribution in [-0.2, 0) is 24.2 Å². The van der Waals surface area contributed by atoms with Gasteiger partial charge in [-0.1, -0.05) is 13.8 Å². The number of carboxylic acid groups (broad SMARTS) is 1. The van der Waals surface area contributed by atoms with Crippen molar-refractivity contribution >= 4 is 5.97 Å². The topological polar surface area (TPSA) is 55.1 Å². The fraction of sp³-hybridized carbons (Fsp3) is 0.692. The first kappa shape index (κ1) is 13.7. The quantitative estimate of drug-likeness (QED) is 0.828. The molecule has 0 bridgehead atoms. The summed E-state index contributed by atoms with van der Waals surface area (Å²) in [7, 11) is 0. The maximum absolute atomic E-state index is 11.0. The number of nitrogens with zero attached hydrogens (tertiary/aromatic N) is 2. The van der Waals surface area contributed by atoms with Crippen LogP contribution in [0.2, 0.25) is 0 Å². The molecule has 1 N–H and O–H groups in total. The zero-order valence-electron chi connectivity index (χ0n) is 11.2. The van der Waals surface area contributed by atoms with Crippen molar-refractivity contribution < 1.29 is 9.90 Å². The lowest BCUT2D eigenvalue weighted by atomic mass is 9.90. The minimum Gasteiger partial charge on any atom is -0.481 e. The first-order chi connectivity index (χ1) is 7.90. The second-order valence-electron chi connectivity index (χ2n) is 5.00. The van der Waals surface area contributed by atoms with Gasteiger partial charge in [0.05, 0.1) is 11.1 Å². The van der Waals surface area contributed by atoms with Crippen molar-refractivity contribution in [2.45, 2.75) is 53.5 Å². The Labute approximate surface area is 103 Å². The predicted molar refractivity (Wildman–Crippen MR) is 67.0 cm³/mol. The van der Waals surface area contributed by atoms with Gasteiger partial charge in [0.2, 0.25) is 0 Å². The second-order valence-corrected chi connectivity index (χ2v) is 5.00. The molecule has 1 rings (SSSR count). The molecule has 0 aromatic carbocycles. The van der Waals surface area contributed by atoms with Crippen molar-refractivity contribution in [1.82, 2.24) is 9.78 Å². The van der Waals surface area contributed by atoms with E-state index in [1.165, 1.54) is 5.69 Å². The Bertz CT molecular complexity index is 394. The highest BCUT2D eigenvalue weighted by atomic mass is 16.4. The van der Waals surface area contributed by atoms with Crippen molar-refractivity contribution in [1.29, 1.82) is 0 Å². The molecule has 0 aliphatic heterocycles. The van der Waals surface area contributed by atoms with E-state index >= 15 is 0 Å². The minimum atomic E-state index is -0.751. The van der Waals surface area contributed by atoms with Gasteiger partial charge in [-0.3, -0.25) is 9.48 Å². The molecular formula is C13H22N2O2. The van der Waals surface area contributed by atoms with Gasteiger partial charge in [-0.15, -0.1) is 0 Å². The van der Waals surface area contributed by atoms with Crippen LogP contribution in [0.15, 0.2) is 6.07 Å². The van der Waals surface area contributed by atoms with Crippen LogP contribution in [0.5, 0.6) is 0 Å². The molecule has 0 saturated carbocycles. The van der Waals surface area contributed by atoms with E-state index in [0.717, 1.165) is 18.5 Å². The predicted octanol–water partition coefficient (Wildman–Crippen LogP) is 2.51. The van der Waals surface area contributed by atoms with Crippen LogP contribution in [0.1, 0.15) is 45.5 Å².